The van der Waals surface area contributed by atoms with Crippen LogP contribution >= 0.6 is 0 Å². The number of aromatic hydroxyl groups is 1. The number of benzene rings is 1. The van der Waals surface area contributed by atoms with Crippen LogP contribution in [-0.2, 0) is 6.42 Å². The predicted molar refractivity (Wildman–Crippen MR) is 59.5 cm³/mol. The van der Waals surface area contributed by atoms with Gasteiger partial charge in [0.15, 0.2) is 0 Å². The van der Waals surface area contributed by atoms with E-state index in [9.17, 15) is 0 Å². The molecule has 0 bridgehead atoms. The van der Waals surface area contributed by atoms with Crippen molar-refractivity contribution in [2.24, 2.45) is 0 Å². The Morgan fingerprint density at radius 1 is 1.40 bits per heavy atom. The van der Waals surface area contributed by atoms with Gasteiger partial charge in [-0.05, 0) is 31.0 Å². The van der Waals surface area contributed by atoms with Crippen molar-refractivity contribution in [1.82, 2.24) is 5.32 Å². The van der Waals surface area contributed by atoms with Crippen molar-refractivity contribution in [2.75, 3.05) is 6.54 Å². The number of nitrogens with zero attached hydrogens (tertiary/aromatic N) is 1. The molecule has 0 fully saturated rings. The van der Waals surface area contributed by atoms with Gasteiger partial charge in [0.25, 0.3) is 0 Å². The maximum atomic E-state index is 9.11. The van der Waals surface area contributed by atoms with Crippen LogP contribution < -0.4 is 5.32 Å². The van der Waals surface area contributed by atoms with E-state index in [2.05, 4.69) is 18.3 Å². The molecule has 0 aromatic heterocycles. The first-order valence-electron chi connectivity index (χ1n) is 5.10. The summed E-state index contributed by atoms with van der Waals surface area (Å²) in [5.41, 5.74) is 1.18. The summed E-state index contributed by atoms with van der Waals surface area (Å²) in [6, 6.07) is 9.66. The molecule has 0 aliphatic carbocycles. The molecule has 0 heterocycles. The highest BCUT2D eigenvalue weighted by molar-refractivity contribution is 5.26. The third-order valence-electron chi connectivity index (χ3n) is 2.21. The third kappa shape index (κ3) is 4.48. The van der Waals surface area contributed by atoms with E-state index in [4.69, 9.17) is 10.4 Å². The molecular weight excluding hydrogens is 188 g/mol. The normalized spacial score (nSPS) is 12.0. The lowest BCUT2D eigenvalue weighted by molar-refractivity contribution is 0.474. The van der Waals surface area contributed by atoms with E-state index in [0.29, 0.717) is 18.2 Å². The number of hydrogen-bond donors (Lipinski definition) is 2. The molecule has 0 amide bonds. The van der Waals surface area contributed by atoms with E-state index in [1.807, 2.05) is 12.1 Å². The molecule has 0 aliphatic rings. The fourth-order valence-electron chi connectivity index (χ4n) is 1.43. The number of nitriles is 1. The van der Waals surface area contributed by atoms with Crippen LogP contribution in [0, 0.1) is 11.3 Å². The zero-order chi connectivity index (χ0) is 11.1. The van der Waals surface area contributed by atoms with Gasteiger partial charge in [0.2, 0.25) is 0 Å². The highest BCUT2D eigenvalue weighted by atomic mass is 16.3. The SMILES string of the molecule is CC(Cc1ccc(O)cc1)NCCC#N. The second-order valence-corrected chi connectivity index (χ2v) is 3.63. The lowest BCUT2D eigenvalue weighted by Crippen LogP contribution is -2.28. The van der Waals surface area contributed by atoms with Crippen LogP contribution in [0.2, 0.25) is 0 Å². The largest absolute Gasteiger partial charge is 0.508 e. The van der Waals surface area contributed by atoms with Crippen LogP contribution in [0.4, 0.5) is 0 Å². The minimum atomic E-state index is 0.295. The molecule has 15 heavy (non-hydrogen) atoms. The Kier molecular flexibility index (Phi) is 4.65. The molecule has 0 radical (unpaired) electrons. The van der Waals surface area contributed by atoms with Gasteiger partial charge >= 0.3 is 0 Å². The Bertz CT molecular complexity index is 326. The maximum Gasteiger partial charge on any atom is 0.115 e. The summed E-state index contributed by atoms with van der Waals surface area (Å²) in [6.45, 7) is 2.82. The predicted octanol–water partition coefficient (Wildman–Crippen LogP) is 1.83. The first kappa shape index (κ1) is 11.5. The molecule has 1 rings (SSSR count). The van der Waals surface area contributed by atoms with Crippen molar-refractivity contribution in [2.45, 2.75) is 25.8 Å². The topological polar surface area (TPSA) is 56.0 Å². The minimum absolute atomic E-state index is 0.295. The molecule has 1 atom stereocenters. The van der Waals surface area contributed by atoms with Gasteiger partial charge in [-0.2, -0.15) is 5.26 Å². The van der Waals surface area contributed by atoms with Crippen LogP contribution in [0.15, 0.2) is 24.3 Å². The van der Waals surface area contributed by atoms with Crippen LogP contribution in [0.3, 0.4) is 0 Å². The van der Waals surface area contributed by atoms with Crippen molar-refractivity contribution in [3.63, 3.8) is 0 Å². The summed E-state index contributed by atoms with van der Waals surface area (Å²) in [5, 5.41) is 20.8. The molecule has 80 valence electrons. The van der Waals surface area contributed by atoms with Crippen molar-refractivity contribution in [1.29, 1.82) is 5.26 Å². The van der Waals surface area contributed by atoms with E-state index >= 15 is 0 Å². The Hall–Kier alpha value is -1.53. The average molecular weight is 204 g/mol. The van der Waals surface area contributed by atoms with Crippen LogP contribution in [0.5, 0.6) is 5.75 Å². The number of hydrogen-bond acceptors (Lipinski definition) is 3. The van der Waals surface area contributed by atoms with Crippen molar-refractivity contribution in [3.8, 4) is 11.8 Å². The van der Waals surface area contributed by atoms with Gasteiger partial charge in [0.1, 0.15) is 5.75 Å². The summed E-state index contributed by atoms with van der Waals surface area (Å²) in [4.78, 5) is 0. The smallest absolute Gasteiger partial charge is 0.115 e. The monoisotopic (exact) mass is 204 g/mol. The van der Waals surface area contributed by atoms with E-state index in [1.54, 1.807) is 12.1 Å². The summed E-state index contributed by atoms with van der Waals surface area (Å²) in [5.74, 6) is 0.295. The van der Waals surface area contributed by atoms with Crippen molar-refractivity contribution in [3.05, 3.63) is 29.8 Å². The Balaban J connectivity index is 2.34. The van der Waals surface area contributed by atoms with Gasteiger partial charge in [-0.25, -0.2) is 0 Å². The fraction of sp³-hybridized carbons (Fsp3) is 0.417. The van der Waals surface area contributed by atoms with Crippen LogP contribution in [0.25, 0.3) is 0 Å². The molecule has 0 saturated heterocycles. The summed E-state index contributed by atoms with van der Waals surface area (Å²) >= 11 is 0. The molecule has 1 unspecified atom stereocenters. The molecule has 3 heteroatoms. The lowest BCUT2D eigenvalue weighted by atomic mass is 10.1. The fourth-order valence-corrected chi connectivity index (χ4v) is 1.43. The standard InChI is InChI=1S/C12H16N2O/c1-10(14-8-2-7-13)9-11-3-5-12(15)6-4-11/h3-6,10,14-15H,2,8-9H2,1H3. The molecule has 3 nitrogen and oxygen atoms in total. The van der Waals surface area contributed by atoms with Gasteiger partial charge in [0.05, 0.1) is 6.07 Å². The van der Waals surface area contributed by atoms with Crippen LogP contribution in [-0.4, -0.2) is 17.7 Å². The lowest BCUT2D eigenvalue weighted by Gasteiger charge is -2.12. The molecule has 0 saturated carbocycles. The Morgan fingerprint density at radius 3 is 2.67 bits per heavy atom. The highest BCUT2D eigenvalue weighted by Gasteiger charge is 2.02. The first-order valence-corrected chi connectivity index (χ1v) is 5.10. The van der Waals surface area contributed by atoms with E-state index < -0.39 is 0 Å². The zero-order valence-electron chi connectivity index (χ0n) is 8.90. The zero-order valence-corrected chi connectivity index (χ0v) is 8.90. The molecule has 0 aliphatic heterocycles. The van der Waals surface area contributed by atoms with Gasteiger partial charge in [-0.3, -0.25) is 0 Å². The maximum absolute atomic E-state index is 9.11. The van der Waals surface area contributed by atoms with E-state index in [0.717, 1.165) is 13.0 Å². The molecule has 1 aromatic carbocycles. The molecule has 2 N–H and O–H groups in total. The minimum Gasteiger partial charge on any atom is -0.508 e. The summed E-state index contributed by atoms with van der Waals surface area (Å²) in [7, 11) is 0. The average Bonchev–Trinajstić information content (AvgIpc) is 2.22. The third-order valence-corrected chi connectivity index (χ3v) is 2.21. The molecule has 0 spiro atoms. The van der Waals surface area contributed by atoms with Gasteiger partial charge in [-0.15, -0.1) is 0 Å². The van der Waals surface area contributed by atoms with Crippen molar-refractivity contribution >= 4 is 0 Å². The van der Waals surface area contributed by atoms with E-state index in [1.165, 1.54) is 5.56 Å². The number of phenols is 1. The summed E-state index contributed by atoms with van der Waals surface area (Å²) < 4.78 is 0. The number of phenolic OH excluding ortho intramolecular Hbond substituents is 1. The number of rotatable bonds is 5. The quantitative estimate of drug-likeness (QED) is 0.719. The Morgan fingerprint density at radius 2 is 2.07 bits per heavy atom. The second-order valence-electron chi connectivity index (χ2n) is 3.63. The van der Waals surface area contributed by atoms with Gasteiger partial charge in [-0.1, -0.05) is 12.1 Å². The second kappa shape index (κ2) is 6.05. The van der Waals surface area contributed by atoms with Crippen molar-refractivity contribution < 1.29 is 5.11 Å². The number of nitrogens with one attached hydrogen (secondary N) is 1. The van der Waals surface area contributed by atoms with E-state index in [-0.39, 0.29) is 0 Å². The Labute approximate surface area is 90.4 Å². The molecular formula is C12H16N2O. The van der Waals surface area contributed by atoms with Crippen LogP contribution in [0.1, 0.15) is 18.9 Å². The first-order chi connectivity index (χ1) is 7.22. The highest BCUT2D eigenvalue weighted by Crippen LogP contribution is 2.11. The summed E-state index contributed by atoms with van der Waals surface area (Å²) in [6.07, 6.45) is 1.45. The molecule has 1 aromatic rings. The van der Waals surface area contributed by atoms with Gasteiger partial charge in [0, 0.05) is 19.0 Å². The van der Waals surface area contributed by atoms with Gasteiger partial charge < -0.3 is 10.4 Å².